The van der Waals surface area contributed by atoms with Gasteiger partial charge in [-0.3, -0.25) is 14.9 Å². The van der Waals surface area contributed by atoms with E-state index in [2.05, 4.69) is 0 Å². The third-order valence-electron chi connectivity index (χ3n) is 1.44. The molecule has 13 heavy (non-hydrogen) atoms. The maximum atomic E-state index is 12.1. The van der Waals surface area contributed by atoms with Gasteiger partial charge in [0.1, 0.15) is 0 Å². The van der Waals surface area contributed by atoms with Crippen molar-refractivity contribution < 1.29 is 8.81 Å². The van der Waals surface area contributed by atoms with Crippen LogP contribution in [0.3, 0.4) is 0 Å². The maximum Gasteiger partial charge on any atom is 0.287 e. The maximum absolute atomic E-state index is 12.1. The van der Waals surface area contributed by atoms with Gasteiger partial charge in [0.25, 0.3) is 11.2 Å². The fraction of sp³-hybridized carbons (Fsp3) is 0.167. The van der Waals surface area contributed by atoms with Gasteiger partial charge in [0.15, 0.2) is 12.3 Å². The molecule has 0 unspecified atom stereocenters. The fourth-order valence-corrected chi connectivity index (χ4v) is 1.18. The molecule has 7 heteroatoms. The second-order valence-corrected chi connectivity index (χ2v) is 2.87. The van der Waals surface area contributed by atoms with E-state index in [1.807, 2.05) is 0 Å². The first kappa shape index (κ1) is 9.72. The van der Waals surface area contributed by atoms with E-state index in [9.17, 15) is 18.8 Å². The van der Waals surface area contributed by atoms with E-state index in [1.165, 1.54) is 6.92 Å². The van der Waals surface area contributed by atoms with Gasteiger partial charge in [-0.25, -0.2) is 3.97 Å². The minimum absolute atomic E-state index is 0.138. The van der Waals surface area contributed by atoms with Gasteiger partial charge in [-0.15, -0.1) is 3.89 Å². The normalized spacial score (nSPS) is 10.0. The number of pyridine rings is 1. The molecule has 70 valence electrons. The molecule has 0 bridgehead atoms. The van der Waals surface area contributed by atoms with Crippen LogP contribution in [0.25, 0.3) is 0 Å². The number of nitro groups is 1. The molecule has 0 radical (unpaired) electrons. The lowest BCUT2D eigenvalue weighted by Gasteiger charge is -1.98. The fourth-order valence-electron chi connectivity index (χ4n) is 0.825. The zero-order valence-corrected chi connectivity index (χ0v) is 7.38. The van der Waals surface area contributed by atoms with Gasteiger partial charge >= 0.3 is 0 Å². The second kappa shape index (κ2) is 3.56. The van der Waals surface area contributed by atoms with Gasteiger partial charge in [-0.1, -0.05) is 0 Å². The molecule has 0 aliphatic carbocycles. The van der Waals surface area contributed by atoms with Crippen LogP contribution in [0.2, 0.25) is 0 Å². The van der Waals surface area contributed by atoms with Crippen molar-refractivity contribution in [3.05, 3.63) is 38.3 Å². The number of hydrogen-bond acceptors (Lipinski definition) is 4. The summed E-state index contributed by atoms with van der Waals surface area (Å²) in [5.74, 6) is 0. The first-order valence-electron chi connectivity index (χ1n) is 3.23. The van der Waals surface area contributed by atoms with Crippen molar-refractivity contribution in [2.75, 3.05) is 0 Å². The van der Waals surface area contributed by atoms with Crippen LogP contribution in [0, 0.1) is 17.0 Å². The Bertz CT molecular complexity index is 403. The Kier molecular flexibility index (Phi) is 2.66. The quantitative estimate of drug-likeness (QED) is 0.540. The molecule has 0 atom stereocenters. The molecule has 0 amide bonds. The van der Waals surface area contributed by atoms with E-state index in [-0.39, 0.29) is 23.6 Å². The highest BCUT2D eigenvalue weighted by molar-refractivity contribution is 7.92. The van der Waals surface area contributed by atoms with Gasteiger partial charge in [0.05, 0.1) is 11.1 Å². The largest absolute Gasteiger partial charge is 0.287 e. The van der Waals surface area contributed by atoms with E-state index in [1.54, 1.807) is 0 Å². The van der Waals surface area contributed by atoms with Crippen molar-refractivity contribution in [2.24, 2.45) is 0 Å². The average molecular weight is 204 g/mol. The summed E-state index contributed by atoms with van der Waals surface area (Å²) in [5.41, 5.74) is -0.750. The van der Waals surface area contributed by atoms with Gasteiger partial charge in [-0.2, -0.15) is 0 Å². The van der Waals surface area contributed by atoms with Gasteiger partial charge in [-0.05, 0) is 6.92 Å². The van der Waals surface area contributed by atoms with E-state index in [0.717, 1.165) is 12.3 Å². The number of hydrogen-bond donors (Lipinski definition) is 0. The molecule has 1 aromatic rings. The number of aromatic nitrogens is 1. The van der Waals surface area contributed by atoms with E-state index in [0.29, 0.717) is 3.97 Å². The Morgan fingerprint density at radius 3 is 2.77 bits per heavy atom. The van der Waals surface area contributed by atoms with E-state index < -0.39 is 10.5 Å². The smallest absolute Gasteiger partial charge is 0.268 e. The number of rotatable bonds is 2. The highest BCUT2D eigenvalue weighted by Crippen LogP contribution is 2.13. The SMILES string of the molecule is Cc1cc([N+](=O)[O-])cn(SF)c1=O. The first-order valence-corrected chi connectivity index (χ1v) is 3.90. The van der Waals surface area contributed by atoms with Crippen LogP contribution in [-0.4, -0.2) is 8.90 Å². The predicted molar refractivity (Wildman–Crippen MR) is 46.2 cm³/mol. The Hall–Kier alpha value is -1.37. The van der Waals surface area contributed by atoms with Crippen LogP contribution in [0.15, 0.2) is 17.1 Å². The van der Waals surface area contributed by atoms with Crippen molar-refractivity contribution in [3.8, 4) is 0 Å². The number of aryl methyl sites for hydroxylation is 1. The Balaban J connectivity index is 3.39. The van der Waals surface area contributed by atoms with Crippen LogP contribution < -0.4 is 5.56 Å². The van der Waals surface area contributed by atoms with E-state index in [4.69, 9.17) is 0 Å². The first-order chi connectivity index (χ1) is 6.06. The molecule has 0 saturated carbocycles. The molecular weight excluding hydrogens is 199 g/mol. The summed E-state index contributed by atoms with van der Waals surface area (Å²) in [6.07, 6.45) is 0.847. The number of halogens is 1. The molecule has 0 N–H and O–H groups in total. The molecule has 1 heterocycles. The Morgan fingerprint density at radius 2 is 2.31 bits per heavy atom. The molecule has 5 nitrogen and oxygen atoms in total. The molecule has 1 rings (SSSR count). The summed E-state index contributed by atoms with van der Waals surface area (Å²) in [4.78, 5) is 20.7. The molecule has 1 aromatic heterocycles. The van der Waals surface area contributed by atoms with Crippen LogP contribution in [-0.2, 0) is 0 Å². The zero-order valence-electron chi connectivity index (χ0n) is 6.56. The highest BCUT2D eigenvalue weighted by Gasteiger charge is 2.11. The van der Waals surface area contributed by atoms with Gasteiger partial charge < -0.3 is 0 Å². The van der Waals surface area contributed by atoms with Gasteiger partial charge in [0.2, 0.25) is 0 Å². The van der Waals surface area contributed by atoms with Crippen molar-refractivity contribution in [1.29, 1.82) is 0 Å². The zero-order chi connectivity index (χ0) is 10.0. The molecule has 0 aliphatic rings. The summed E-state index contributed by atoms with van der Waals surface area (Å²) in [6.45, 7) is 1.39. The van der Waals surface area contributed by atoms with Crippen LogP contribution >= 0.6 is 12.3 Å². The molecule has 0 aliphatic heterocycles. The minimum atomic E-state index is -0.681. The van der Waals surface area contributed by atoms with Crippen molar-refractivity contribution in [3.63, 3.8) is 0 Å². The second-order valence-electron chi connectivity index (χ2n) is 2.34. The van der Waals surface area contributed by atoms with Crippen LogP contribution in [0.4, 0.5) is 9.57 Å². The molecule has 0 fully saturated rings. The molecule has 0 aromatic carbocycles. The summed E-state index contributed by atoms with van der Waals surface area (Å²) in [7, 11) is 0. The molecule has 0 saturated heterocycles. The standard InChI is InChI=1S/C6H5FN2O3S/c1-4-2-5(9(11)12)3-8(13-7)6(4)10/h2-3H,1H3. The topological polar surface area (TPSA) is 65.1 Å². The third kappa shape index (κ3) is 1.86. The monoisotopic (exact) mass is 204 g/mol. The number of nitrogens with zero attached hydrogens (tertiary/aromatic N) is 2. The Labute approximate surface area is 76.8 Å². The van der Waals surface area contributed by atoms with Crippen molar-refractivity contribution >= 4 is 18.0 Å². The average Bonchev–Trinajstić information content (AvgIpc) is 2.09. The third-order valence-corrected chi connectivity index (χ3v) is 1.86. The van der Waals surface area contributed by atoms with Crippen LogP contribution in [0.5, 0.6) is 0 Å². The van der Waals surface area contributed by atoms with Crippen molar-refractivity contribution in [1.82, 2.24) is 3.97 Å². The lowest BCUT2D eigenvalue weighted by atomic mass is 10.3. The highest BCUT2D eigenvalue weighted by atomic mass is 32.2. The molecular formula is C6H5FN2O3S. The van der Waals surface area contributed by atoms with E-state index >= 15 is 0 Å². The summed E-state index contributed by atoms with van der Waals surface area (Å²) in [6, 6.07) is 1.11. The van der Waals surface area contributed by atoms with Crippen molar-refractivity contribution in [2.45, 2.75) is 6.92 Å². The minimum Gasteiger partial charge on any atom is -0.268 e. The summed E-state index contributed by atoms with van der Waals surface area (Å²) >= 11 is -0.359. The lowest BCUT2D eigenvalue weighted by molar-refractivity contribution is -0.385. The molecule has 0 spiro atoms. The Morgan fingerprint density at radius 1 is 1.69 bits per heavy atom. The summed E-state index contributed by atoms with van der Waals surface area (Å²) < 4.78 is 12.6. The van der Waals surface area contributed by atoms with Crippen LogP contribution in [0.1, 0.15) is 5.56 Å². The summed E-state index contributed by atoms with van der Waals surface area (Å²) in [5, 5.41) is 10.3. The predicted octanol–water partition coefficient (Wildman–Crippen LogP) is 1.45. The van der Waals surface area contributed by atoms with Gasteiger partial charge in [0, 0.05) is 11.6 Å². The lowest BCUT2D eigenvalue weighted by Crippen LogP contribution is -2.16.